The van der Waals surface area contributed by atoms with Gasteiger partial charge in [0.1, 0.15) is 6.29 Å². The number of carbonyl (C=O) groups is 2. The van der Waals surface area contributed by atoms with E-state index in [2.05, 4.69) is 22.4 Å². The van der Waals surface area contributed by atoms with Crippen LogP contribution < -0.4 is 5.48 Å². The van der Waals surface area contributed by atoms with Gasteiger partial charge in [0.05, 0.1) is 23.1 Å². The minimum atomic E-state index is -0.291. The van der Waals surface area contributed by atoms with Gasteiger partial charge >= 0.3 is 0 Å². The molecule has 1 aromatic heterocycles. The first-order chi connectivity index (χ1) is 18.8. The van der Waals surface area contributed by atoms with E-state index in [4.69, 9.17) is 9.83 Å². The number of hydrogen-bond donors (Lipinski definition) is 3. The van der Waals surface area contributed by atoms with Crippen molar-refractivity contribution in [2.45, 2.75) is 32.8 Å². The van der Waals surface area contributed by atoms with Crippen molar-refractivity contribution < 1.29 is 19.5 Å². The van der Waals surface area contributed by atoms with Crippen molar-refractivity contribution >= 4 is 34.5 Å². The quantitative estimate of drug-likeness (QED) is 0.174. The molecular weight excluding hydrogens is 492 g/mol. The maximum atomic E-state index is 12.8. The van der Waals surface area contributed by atoms with Crippen molar-refractivity contribution in [1.82, 2.24) is 15.4 Å². The largest absolute Gasteiger partial charge is 0.494 e. The van der Waals surface area contributed by atoms with E-state index in [1.807, 2.05) is 56.3 Å². The fourth-order valence-corrected chi connectivity index (χ4v) is 4.98. The molecule has 1 amide bonds. The molecule has 5 rings (SSSR count). The number of rotatable bonds is 7. The van der Waals surface area contributed by atoms with Crippen LogP contribution >= 0.6 is 0 Å². The number of benzene rings is 3. The lowest BCUT2D eigenvalue weighted by Crippen LogP contribution is -2.38. The number of carbonyl (C=O) groups excluding carboxylic acids is 2. The number of amides is 1. The Balaban J connectivity index is 1.48. The van der Waals surface area contributed by atoms with Gasteiger partial charge in [-0.1, -0.05) is 30.3 Å². The van der Waals surface area contributed by atoms with Gasteiger partial charge in [-0.25, -0.2) is 10.5 Å². The summed E-state index contributed by atoms with van der Waals surface area (Å²) in [6.45, 7) is 5.61. The topological polar surface area (TPSA) is 107 Å². The highest BCUT2D eigenvalue weighted by Crippen LogP contribution is 2.33. The third-order valence-electron chi connectivity index (χ3n) is 7.26. The monoisotopic (exact) mass is 524 g/mol. The molecule has 1 aliphatic heterocycles. The van der Waals surface area contributed by atoms with Crippen molar-refractivity contribution in [2.75, 3.05) is 20.1 Å². The Hall–Kier alpha value is -4.27. The molecule has 0 aliphatic carbocycles. The van der Waals surface area contributed by atoms with Crippen molar-refractivity contribution in [1.29, 1.82) is 0 Å². The average Bonchev–Trinajstić information content (AvgIpc) is 3.25. The van der Waals surface area contributed by atoms with Crippen LogP contribution in [0.3, 0.4) is 0 Å². The van der Waals surface area contributed by atoms with Gasteiger partial charge in [0.2, 0.25) is 0 Å². The molecule has 39 heavy (non-hydrogen) atoms. The Kier molecular flexibility index (Phi) is 7.58. The molecule has 0 spiro atoms. The molecule has 0 radical (unpaired) electrons. The molecule has 3 aromatic carbocycles. The maximum absolute atomic E-state index is 12.8. The van der Waals surface area contributed by atoms with Gasteiger partial charge in [0.15, 0.2) is 5.88 Å². The number of nitrogens with zero attached hydrogens (tertiary/aromatic N) is 2. The number of aromatic amines is 1. The normalized spacial score (nSPS) is 15.0. The highest BCUT2D eigenvalue weighted by molar-refractivity contribution is 6.22. The first-order valence-electron chi connectivity index (χ1n) is 13.0. The summed E-state index contributed by atoms with van der Waals surface area (Å²) in [5.41, 5.74) is 8.45. The molecule has 3 N–H and O–H groups in total. The first-order valence-corrected chi connectivity index (χ1v) is 13.0. The standard InChI is InChI=1S/C31H32N4O4/c1-19-16-26-27(17-22(19)18-36)33-31(38)28(26)29(21-7-5-4-6-8-21)32-23-9-10-25(20(2)15-23)30(37)34-39-24-11-13-35(3)14-12-24/h4-10,15-18,24,33,38H,11-14H2,1-3H3,(H,34,37). The van der Waals surface area contributed by atoms with Gasteiger partial charge in [-0.2, -0.15) is 0 Å². The highest BCUT2D eigenvalue weighted by Gasteiger charge is 2.21. The van der Waals surface area contributed by atoms with Crippen LogP contribution in [0, 0.1) is 13.8 Å². The molecule has 2 heterocycles. The zero-order chi connectivity index (χ0) is 27.5. The smallest absolute Gasteiger partial charge is 0.275 e. The Morgan fingerprint density at radius 2 is 1.82 bits per heavy atom. The van der Waals surface area contributed by atoms with Crippen LogP contribution in [0.2, 0.25) is 0 Å². The molecular formula is C31H32N4O4. The summed E-state index contributed by atoms with van der Waals surface area (Å²) in [7, 11) is 2.08. The van der Waals surface area contributed by atoms with E-state index >= 15 is 0 Å². The minimum Gasteiger partial charge on any atom is -0.494 e. The van der Waals surface area contributed by atoms with E-state index in [0.717, 1.165) is 54.3 Å². The fourth-order valence-electron chi connectivity index (χ4n) is 4.98. The third-order valence-corrected chi connectivity index (χ3v) is 7.26. The van der Waals surface area contributed by atoms with Gasteiger partial charge in [-0.05, 0) is 75.2 Å². The van der Waals surface area contributed by atoms with Gasteiger partial charge in [0.25, 0.3) is 5.91 Å². The number of nitrogens with one attached hydrogen (secondary N) is 2. The average molecular weight is 525 g/mol. The Morgan fingerprint density at radius 1 is 1.08 bits per heavy atom. The molecule has 1 fully saturated rings. The number of aromatic nitrogens is 1. The Labute approximate surface area is 227 Å². The minimum absolute atomic E-state index is 0.0119. The van der Waals surface area contributed by atoms with Crippen molar-refractivity contribution in [3.8, 4) is 5.88 Å². The lowest BCUT2D eigenvalue weighted by molar-refractivity contribution is -0.0400. The number of hydrogen-bond acceptors (Lipinski definition) is 6. The molecule has 1 aliphatic rings. The maximum Gasteiger partial charge on any atom is 0.275 e. The molecule has 0 bridgehead atoms. The van der Waals surface area contributed by atoms with Crippen molar-refractivity contribution in [3.05, 3.63) is 94.0 Å². The number of aryl methyl sites for hydroxylation is 2. The molecule has 8 nitrogen and oxygen atoms in total. The predicted octanol–water partition coefficient (Wildman–Crippen LogP) is 5.23. The second-order valence-electron chi connectivity index (χ2n) is 10.1. The number of likely N-dealkylation sites (tertiary alicyclic amines) is 1. The van der Waals surface area contributed by atoms with E-state index in [1.54, 1.807) is 18.2 Å². The van der Waals surface area contributed by atoms with Crippen molar-refractivity contribution in [3.63, 3.8) is 0 Å². The number of aldehydes is 1. The summed E-state index contributed by atoms with van der Waals surface area (Å²) in [4.78, 5) is 40.2. The number of aliphatic imine (C=N–C) groups is 1. The Morgan fingerprint density at radius 3 is 2.51 bits per heavy atom. The van der Waals surface area contributed by atoms with Crippen LogP contribution in [0.5, 0.6) is 5.88 Å². The second-order valence-corrected chi connectivity index (χ2v) is 10.1. The zero-order valence-corrected chi connectivity index (χ0v) is 22.3. The van der Waals surface area contributed by atoms with E-state index in [1.165, 1.54) is 0 Å². The molecule has 8 heteroatoms. The fraction of sp³-hybridized carbons (Fsp3) is 0.258. The van der Waals surface area contributed by atoms with Crippen LogP contribution in [0.15, 0.2) is 65.7 Å². The number of aromatic hydroxyl groups is 1. The summed E-state index contributed by atoms with van der Waals surface area (Å²) in [6, 6.07) is 18.6. The summed E-state index contributed by atoms with van der Waals surface area (Å²) < 4.78 is 0. The first kappa shape index (κ1) is 26.3. The lowest BCUT2D eigenvalue weighted by Gasteiger charge is -2.28. The number of piperidine rings is 1. The number of hydroxylamine groups is 1. The number of fused-ring (bicyclic) bond motifs is 1. The van der Waals surface area contributed by atoms with E-state index in [-0.39, 0.29) is 17.9 Å². The summed E-state index contributed by atoms with van der Waals surface area (Å²) in [6.07, 6.45) is 2.57. The lowest BCUT2D eigenvalue weighted by atomic mass is 9.98. The zero-order valence-electron chi connectivity index (χ0n) is 22.3. The number of H-pyrrole nitrogens is 1. The SMILES string of the molecule is Cc1cc2c(C(=Nc3ccc(C(=O)NOC4CCN(C)CC4)c(C)c3)c3ccccc3)c(O)[nH]c2cc1C=O. The van der Waals surface area contributed by atoms with Crippen molar-refractivity contribution in [2.24, 2.45) is 4.99 Å². The molecule has 0 atom stereocenters. The molecule has 0 unspecified atom stereocenters. The third kappa shape index (κ3) is 5.62. The van der Waals surface area contributed by atoms with Crippen LogP contribution in [0.25, 0.3) is 10.9 Å². The predicted molar refractivity (Wildman–Crippen MR) is 152 cm³/mol. The van der Waals surface area contributed by atoms with Crippen LogP contribution in [0.1, 0.15) is 55.8 Å². The van der Waals surface area contributed by atoms with E-state index < -0.39 is 0 Å². The van der Waals surface area contributed by atoms with Crippen LogP contribution in [-0.2, 0) is 4.84 Å². The molecule has 1 saturated heterocycles. The van der Waals surface area contributed by atoms with E-state index in [0.29, 0.717) is 33.6 Å². The Bertz CT molecular complexity index is 1550. The molecule has 200 valence electrons. The molecule has 0 saturated carbocycles. The van der Waals surface area contributed by atoms with Gasteiger partial charge in [-0.3, -0.25) is 14.4 Å². The highest BCUT2D eigenvalue weighted by atomic mass is 16.7. The molecule has 4 aromatic rings. The summed E-state index contributed by atoms with van der Waals surface area (Å²) in [5, 5.41) is 11.7. The summed E-state index contributed by atoms with van der Waals surface area (Å²) in [5.74, 6) is -0.324. The van der Waals surface area contributed by atoms with Gasteiger partial charge in [-0.15, -0.1) is 0 Å². The summed E-state index contributed by atoms with van der Waals surface area (Å²) >= 11 is 0. The van der Waals surface area contributed by atoms with Crippen LogP contribution in [0.4, 0.5) is 5.69 Å². The van der Waals surface area contributed by atoms with Gasteiger partial charge in [0, 0.05) is 40.7 Å². The van der Waals surface area contributed by atoms with Gasteiger partial charge < -0.3 is 15.0 Å². The second kappa shape index (κ2) is 11.2. The van der Waals surface area contributed by atoms with Crippen LogP contribution in [-0.4, -0.2) is 59.1 Å². The van der Waals surface area contributed by atoms with E-state index in [9.17, 15) is 14.7 Å².